The molecule has 0 radical (unpaired) electrons. The van der Waals surface area contributed by atoms with Crippen molar-refractivity contribution < 1.29 is 0 Å². The normalized spacial score (nSPS) is 21.1. The molecule has 15 heavy (non-hydrogen) atoms. The smallest absolute Gasteiger partial charge is 0.0978 e. The minimum Gasteiger partial charge on any atom is -0.301 e. The molecule has 1 atom stereocenters. The fourth-order valence-corrected chi connectivity index (χ4v) is 2.22. The van der Waals surface area contributed by atoms with Crippen molar-refractivity contribution in [2.75, 3.05) is 32.7 Å². The molecule has 3 heteroatoms. The van der Waals surface area contributed by atoms with Gasteiger partial charge in [0.1, 0.15) is 0 Å². The molecule has 1 heterocycles. The summed E-state index contributed by atoms with van der Waals surface area (Å²) in [5, 5.41) is 9.07. The van der Waals surface area contributed by atoms with Crippen LogP contribution in [0.5, 0.6) is 0 Å². The Kier molecular flexibility index (Phi) is 5.67. The molecule has 0 aromatic carbocycles. The topological polar surface area (TPSA) is 30.3 Å². The van der Waals surface area contributed by atoms with Gasteiger partial charge in [-0.2, -0.15) is 5.26 Å². The molecule has 1 fully saturated rings. The molecule has 0 aromatic rings. The summed E-state index contributed by atoms with van der Waals surface area (Å²) in [6.07, 6.45) is 3.36. The summed E-state index contributed by atoms with van der Waals surface area (Å²) in [6.45, 7) is 9.99. The van der Waals surface area contributed by atoms with Gasteiger partial charge in [-0.3, -0.25) is 4.90 Å². The van der Waals surface area contributed by atoms with Crippen LogP contribution in [0.1, 0.15) is 33.1 Å². The second-order valence-corrected chi connectivity index (χ2v) is 4.31. The van der Waals surface area contributed by atoms with Crippen molar-refractivity contribution >= 4 is 0 Å². The zero-order valence-electron chi connectivity index (χ0n) is 10.1. The summed E-state index contributed by atoms with van der Waals surface area (Å²) in [4.78, 5) is 4.84. The molecule has 0 aromatic heterocycles. The standard InChI is InChI=1S/C12H23N3/c1-3-5-12(11-13)15-9-7-14(6-4-2)8-10-15/h12H,3-10H2,1-2H3. The van der Waals surface area contributed by atoms with E-state index in [0.29, 0.717) is 0 Å². The fourth-order valence-electron chi connectivity index (χ4n) is 2.22. The highest BCUT2D eigenvalue weighted by atomic mass is 15.3. The highest BCUT2D eigenvalue weighted by Crippen LogP contribution is 2.10. The van der Waals surface area contributed by atoms with Crippen LogP contribution in [0.4, 0.5) is 0 Å². The zero-order valence-corrected chi connectivity index (χ0v) is 10.1. The van der Waals surface area contributed by atoms with Crippen LogP contribution in [-0.2, 0) is 0 Å². The van der Waals surface area contributed by atoms with Gasteiger partial charge in [0.15, 0.2) is 0 Å². The highest BCUT2D eigenvalue weighted by Gasteiger charge is 2.22. The maximum Gasteiger partial charge on any atom is 0.0978 e. The average molecular weight is 209 g/mol. The minimum absolute atomic E-state index is 0.152. The fraction of sp³-hybridized carbons (Fsp3) is 0.917. The van der Waals surface area contributed by atoms with E-state index in [9.17, 15) is 0 Å². The minimum atomic E-state index is 0.152. The number of nitriles is 1. The number of rotatable bonds is 5. The predicted octanol–water partition coefficient (Wildman–Crippen LogP) is 1.71. The summed E-state index contributed by atoms with van der Waals surface area (Å²) < 4.78 is 0. The average Bonchev–Trinajstić information content (AvgIpc) is 2.28. The van der Waals surface area contributed by atoms with E-state index in [1.165, 1.54) is 13.0 Å². The van der Waals surface area contributed by atoms with Gasteiger partial charge in [0.05, 0.1) is 12.1 Å². The van der Waals surface area contributed by atoms with Crippen LogP contribution in [0.15, 0.2) is 0 Å². The molecule has 0 bridgehead atoms. The van der Waals surface area contributed by atoms with Gasteiger partial charge in [-0.1, -0.05) is 20.3 Å². The summed E-state index contributed by atoms with van der Waals surface area (Å²) in [6, 6.07) is 2.58. The van der Waals surface area contributed by atoms with E-state index < -0.39 is 0 Å². The zero-order chi connectivity index (χ0) is 11.1. The van der Waals surface area contributed by atoms with Gasteiger partial charge in [-0.05, 0) is 19.4 Å². The van der Waals surface area contributed by atoms with E-state index in [1.807, 2.05) is 0 Å². The molecule has 1 aliphatic rings. The van der Waals surface area contributed by atoms with Crippen molar-refractivity contribution in [2.24, 2.45) is 0 Å². The SMILES string of the molecule is CCCC(C#N)N1CCN(CCC)CC1. The number of piperazine rings is 1. The van der Waals surface area contributed by atoms with E-state index in [4.69, 9.17) is 5.26 Å². The number of nitrogens with zero attached hydrogens (tertiary/aromatic N) is 3. The largest absolute Gasteiger partial charge is 0.301 e. The van der Waals surface area contributed by atoms with Crippen molar-refractivity contribution in [3.63, 3.8) is 0 Å². The molecule has 1 rings (SSSR count). The molecular formula is C12H23N3. The Morgan fingerprint density at radius 3 is 2.27 bits per heavy atom. The third kappa shape index (κ3) is 3.81. The lowest BCUT2D eigenvalue weighted by molar-refractivity contribution is 0.111. The van der Waals surface area contributed by atoms with Gasteiger partial charge in [-0.15, -0.1) is 0 Å². The lowest BCUT2D eigenvalue weighted by Gasteiger charge is -2.36. The van der Waals surface area contributed by atoms with Crippen LogP contribution >= 0.6 is 0 Å². The highest BCUT2D eigenvalue weighted by molar-refractivity contribution is 4.93. The first-order chi connectivity index (χ1) is 7.31. The molecule has 0 saturated carbocycles. The molecule has 1 saturated heterocycles. The summed E-state index contributed by atoms with van der Waals surface area (Å²) in [7, 11) is 0. The Morgan fingerprint density at radius 1 is 1.13 bits per heavy atom. The van der Waals surface area contributed by atoms with Crippen LogP contribution in [-0.4, -0.2) is 48.6 Å². The van der Waals surface area contributed by atoms with E-state index in [2.05, 4.69) is 29.7 Å². The summed E-state index contributed by atoms with van der Waals surface area (Å²) in [5.41, 5.74) is 0. The van der Waals surface area contributed by atoms with E-state index in [1.54, 1.807) is 0 Å². The quantitative estimate of drug-likeness (QED) is 0.690. The van der Waals surface area contributed by atoms with Gasteiger partial charge in [0.2, 0.25) is 0 Å². The van der Waals surface area contributed by atoms with E-state index >= 15 is 0 Å². The molecular weight excluding hydrogens is 186 g/mol. The lowest BCUT2D eigenvalue weighted by Crippen LogP contribution is -2.50. The first kappa shape index (κ1) is 12.5. The van der Waals surface area contributed by atoms with Crippen LogP contribution in [0, 0.1) is 11.3 Å². The van der Waals surface area contributed by atoms with Gasteiger partial charge in [0.25, 0.3) is 0 Å². The molecule has 1 aliphatic heterocycles. The van der Waals surface area contributed by atoms with Crippen molar-refractivity contribution in [3.8, 4) is 6.07 Å². The molecule has 86 valence electrons. The Balaban J connectivity index is 2.32. The summed E-state index contributed by atoms with van der Waals surface area (Å²) >= 11 is 0. The Bertz CT molecular complexity index is 201. The maximum atomic E-state index is 9.07. The molecule has 0 aliphatic carbocycles. The van der Waals surface area contributed by atoms with Crippen molar-refractivity contribution in [1.29, 1.82) is 5.26 Å². The Labute approximate surface area is 93.7 Å². The van der Waals surface area contributed by atoms with E-state index in [0.717, 1.165) is 39.0 Å². The number of hydrogen-bond donors (Lipinski definition) is 0. The molecule has 0 spiro atoms. The monoisotopic (exact) mass is 209 g/mol. The van der Waals surface area contributed by atoms with Gasteiger partial charge in [0, 0.05) is 26.2 Å². The van der Waals surface area contributed by atoms with Gasteiger partial charge >= 0.3 is 0 Å². The van der Waals surface area contributed by atoms with E-state index in [-0.39, 0.29) is 6.04 Å². The van der Waals surface area contributed by atoms with Crippen LogP contribution < -0.4 is 0 Å². The first-order valence-electron chi connectivity index (χ1n) is 6.17. The molecule has 1 unspecified atom stereocenters. The van der Waals surface area contributed by atoms with Crippen molar-refractivity contribution in [3.05, 3.63) is 0 Å². The number of hydrogen-bond acceptors (Lipinski definition) is 3. The molecule has 0 amide bonds. The predicted molar refractivity (Wildman–Crippen MR) is 62.6 cm³/mol. The first-order valence-corrected chi connectivity index (χ1v) is 6.17. The van der Waals surface area contributed by atoms with Crippen molar-refractivity contribution in [1.82, 2.24) is 9.80 Å². The van der Waals surface area contributed by atoms with Crippen LogP contribution in [0.3, 0.4) is 0 Å². The summed E-state index contributed by atoms with van der Waals surface area (Å²) in [5.74, 6) is 0. The third-order valence-corrected chi connectivity index (χ3v) is 3.10. The maximum absolute atomic E-state index is 9.07. The second-order valence-electron chi connectivity index (χ2n) is 4.31. The van der Waals surface area contributed by atoms with Crippen molar-refractivity contribution in [2.45, 2.75) is 39.2 Å². The van der Waals surface area contributed by atoms with Crippen LogP contribution in [0.25, 0.3) is 0 Å². The molecule has 0 N–H and O–H groups in total. The van der Waals surface area contributed by atoms with Gasteiger partial charge < -0.3 is 4.90 Å². The second kappa shape index (κ2) is 6.81. The van der Waals surface area contributed by atoms with Crippen LogP contribution in [0.2, 0.25) is 0 Å². The van der Waals surface area contributed by atoms with Gasteiger partial charge in [-0.25, -0.2) is 0 Å². The Hall–Kier alpha value is -0.590. The third-order valence-electron chi connectivity index (χ3n) is 3.10. The molecule has 3 nitrogen and oxygen atoms in total. The lowest BCUT2D eigenvalue weighted by atomic mass is 10.1. The Morgan fingerprint density at radius 2 is 1.80 bits per heavy atom.